The average Bonchev–Trinajstić information content (AvgIpc) is 3.52. The highest BCUT2D eigenvalue weighted by Gasteiger charge is 2.48. The minimum Gasteiger partial charge on any atom is -0.493 e. The summed E-state index contributed by atoms with van der Waals surface area (Å²) in [5.74, 6) is 1.40. The number of aliphatic hydroxyl groups is 1. The van der Waals surface area contributed by atoms with Crippen molar-refractivity contribution in [3.8, 4) is 17.2 Å². The molecule has 3 heterocycles. The molecular formula is C27H34N4O5. The van der Waals surface area contributed by atoms with E-state index in [2.05, 4.69) is 4.98 Å². The lowest BCUT2D eigenvalue weighted by molar-refractivity contribution is -0.141. The van der Waals surface area contributed by atoms with Gasteiger partial charge < -0.3 is 19.5 Å². The molecule has 1 saturated heterocycles. The number of piperidine rings is 1. The third kappa shape index (κ3) is 4.15. The monoisotopic (exact) mass is 494 g/mol. The Morgan fingerprint density at radius 3 is 2.39 bits per heavy atom. The maximum absolute atomic E-state index is 13.5. The fourth-order valence-corrected chi connectivity index (χ4v) is 5.18. The smallest absolute Gasteiger partial charge is 0.262 e. The van der Waals surface area contributed by atoms with E-state index in [9.17, 15) is 14.7 Å². The van der Waals surface area contributed by atoms with Gasteiger partial charge in [0.2, 0.25) is 5.91 Å². The summed E-state index contributed by atoms with van der Waals surface area (Å²) in [6.07, 6.45) is 4.98. The van der Waals surface area contributed by atoms with Crippen molar-refractivity contribution in [1.82, 2.24) is 19.0 Å². The number of methoxy groups -OCH3 is 2. The van der Waals surface area contributed by atoms with E-state index in [1.807, 2.05) is 47.6 Å². The molecule has 9 nitrogen and oxygen atoms in total. The predicted molar refractivity (Wildman–Crippen MR) is 136 cm³/mol. The molecule has 0 radical (unpaired) electrons. The van der Waals surface area contributed by atoms with Gasteiger partial charge in [-0.3, -0.25) is 18.7 Å². The lowest BCUT2D eigenvalue weighted by Crippen LogP contribution is -2.51. The Kier molecular flexibility index (Phi) is 6.06. The summed E-state index contributed by atoms with van der Waals surface area (Å²) in [5, 5.41) is 11.8. The largest absolute Gasteiger partial charge is 0.493 e. The Balaban J connectivity index is 1.43. The zero-order valence-electron chi connectivity index (χ0n) is 21.4. The lowest BCUT2D eigenvalue weighted by atomic mass is 9.90. The lowest BCUT2D eigenvalue weighted by Gasteiger charge is -2.39. The number of amides is 1. The molecule has 2 aromatic heterocycles. The Morgan fingerprint density at radius 1 is 1.08 bits per heavy atom. The summed E-state index contributed by atoms with van der Waals surface area (Å²) in [6.45, 7) is 5.20. The summed E-state index contributed by atoms with van der Waals surface area (Å²) in [4.78, 5) is 32.7. The standard InChI is InChI=1S/C27H34N4O5/c1-5-18-14-20-23(31(18)19-6-7-21(35-3)22(15-19)36-4)28-17-30(24(20)32)16-27(34)10-12-29(13-11-27)25(33)26(2)8-9-26/h6-7,14-15,17,34H,5,8-13,16H2,1-4H3. The molecule has 1 aliphatic carbocycles. The van der Waals surface area contributed by atoms with Gasteiger partial charge in [-0.05, 0) is 50.3 Å². The summed E-state index contributed by atoms with van der Waals surface area (Å²) < 4.78 is 14.3. The highest BCUT2D eigenvalue weighted by Crippen LogP contribution is 2.47. The van der Waals surface area contributed by atoms with Gasteiger partial charge in [0.25, 0.3) is 5.56 Å². The number of fused-ring (bicyclic) bond motifs is 1. The van der Waals surface area contributed by atoms with Crippen LogP contribution >= 0.6 is 0 Å². The number of carbonyl (C=O) groups excluding carboxylic acids is 1. The van der Waals surface area contributed by atoms with Crippen molar-refractivity contribution in [2.45, 2.75) is 58.1 Å². The second-order valence-electron chi connectivity index (χ2n) is 10.4. The maximum Gasteiger partial charge on any atom is 0.262 e. The van der Waals surface area contributed by atoms with Crippen molar-refractivity contribution < 1.29 is 19.4 Å². The van der Waals surface area contributed by atoms with Crippen LogP contribution in [0.1, 0.15) is 45.2 Å². The van der Waals surface area contributed by atoms with E-state index in [1.54, 1.807) is 14.2 Å². The molecule has 5 rings (SSSR count). The van der Waals surface area contributed by atoms with Gasteiger partial charge in [-0.1, -0.05) is 13.8 Å². The number of ether oxygens (including phenoxy) is 2. The van der Waals surface area contributed by atoms with E-state index in [1.165, 1.54) is 10.9 Å². The van der Waals surface area contributed by atoms with Crippen LogP contribution in [0.3, 0.4) is 0 Å². The molecule has 1 aromatic carbocycles. The first-order valence-electron chi connectivity index (χ1n) is 12.6. The molecule has 0 spiro atoms. The van der Waals surface area contributed by atoms with E-state index < -0.39 is 5.60 Å². The number of likely N-dealkylation sites (tertiary alicyclic amines) is 1. The van der Waals surface area contributed by atoms with Crippen molar-refractivity contribution in [2.75, 3.05) is 27.3 Å². The summed E-state index contributed by atoms with van der Waals surface area (Å²) >= 11 is 0. The van der Waals surface area contributed by atoms with Crippen LogP contribution in [0.15, 0.2) is 35.4 Å². The van der Waals surface area contributed by atoms with Gasteiger partial charge >= 0.3 is 0 Å². The first kappa shape index (κ1) is 24.4. The average molecular weight is 495 g/mol. The molecule has 2 aliphatic rings. The third-order valence-corrected chi connectivity index (χ3v) is 7.81. The Hall–Kier alpha value is -3.33. The van der Waals surface area contributed by atoms with Crippen LogP contribution in [0, 0.1) is 5.41 Å². The van der Waals surface area contributed by atoms with Gasteiger partial charge in [0.05, 0.1) is 37.4 Å². The maximum atomic E-state index is 13.5. The van der Waals surface area contributed by atoms with Crippen LogP contribution in [0.5, 0.6) is 11.5 Å². The van der Waals surface area contributed by atoms with Crippen LogP contribution in [-0.2, 0) is 17.8 Å². The molecule has 192 valence electrons. The van der Waals surface area contributed by atoms with E-state index in [-0.39, 0.29) is 23.4 Å². The Labute approximate surface area is 210 Å². The summed E-state index contributed by atoms with van der Waals surface area (Å²) in [6, 6.07) is 7.48. The third-order valence-electron chi connectivity index (χ3n) is 7.81. The molecule has 9 heteroatoms. The summed E-state index contributed by atoms with van der Waals surface area (Å²) in [7, 11) is 3.18. The topological polar surface area (TPSA) is 98.8 Å². The number of aromatic nitrogens is 3. The van der Waals surface area contributed by atoms with Crippen LogP contribution < -0.4 is 15.0 Å². The molecule has 0 bridgehead atoms. The van der Waals surface area contributed by atoms with Gasteiger partial charge in [-0.25, -0.2) is 4.98 Å². The van der Waals surface area contributed by atoms with Crippen molar-refractivity contribution in [3.05, 3.63) is 46.6 Å². The van der Waals surface area contributed by atoms with E-state index in [0.29, 0.717) is 54.9 Å². The van der Waals surface area contributed by atoms with E-state index in [4.69, 9.17) is 9.47 Å². The number of aryl methyl sites for hydroxylation is 1. The number of hydrogen-bond donors (Lipinski definition) is 1. The van der Waals surface area contributed by atoms with Gasteiger partial charge in [0, 0.05) is 30.3 Å². The van der Waals surface area contributed by atoms with Crippen LogP contribution in [0.25, 0.3) is 16.7 Å². The van der Waals surface area contributed by atoms with Crippen molar-refractivity contribution >= 4 is 16.9 Å². The van der Waals surface area contributed by atoms with Gasteiger partial charge in [0.1, 0.15) is 6.33 Å². The Morgan fingerprint density at radius 2 is 1.78 bits per heavy atom. The first-order chi connectivity index (χ1) is 17.2. The number of carbonyl (C=O) groups is 1. The van der Waals surface area contributed by atoms with Gasteiger partial charge in [0.15, 0.2) is 17.1 Å². The number of benzene rings is 1. The van der Waals surface area contributed by atoms with Gasteiger partial charge in [-0.15, -0.1) is 0 Å². The number of nitrogens with zero attached hydrogens (tertiary/aromatic N) is 4. The van der Waals surface area contributed by atoms with Gasteiger partial charge in [-0.2, -0.15) is 0 Å². The van der Waals surface area contributed by atoms with Crippen LogP contribution in [-0.4, -0.2) is 62.9 Å². The zero-order valence-corrected chi connectivity index (χ0v) is 21.4. The normalized spacial score (nSPS) is 18.3. The molecule has 2 fully saturated rings. The van der Waals surface area contributed by atoms with Crippen molar-refractivity contribution in [2.24, 2.45) is 5.41 Å². The quantitative estimate of drug-likeness (QED) is 0.542. The molecule has 1 amide bonds. The van der Waals surface area contributed by atoms with E-state index >= 15 is 0 Å². The predicted octanol–water partition coefficient (Wildman–Crippen LogP) is 2.92. The molecular weight excluding hydrogens is 460 g/mol. The second kappa shape index (κ2) is 8.96. The zero-order chi connectivity index (χ0) is 25.7. The highest BCUT2D eigenvalue weighted by atomic mass is 16.5. The molecule has 1 aliphatic heterocycles. The second-order valence-corrected chi connectivity index (χ2v) is 10.4. The van der Waals surface area contributed by atoms with Crippen molar-refractivity contribution in [3.63, 3.8) is 0 Å². The molecule has 0 unspecified atom stereocenters. The number of rotatable bonds is 7. The Bertz CT molecular complexity index is 1360. The molecule has 0 atom stereocenters. The molecule has 1 N–H and O–H groups in total. The highest BCUT2D eigenvalue weighted by molar-refractivity contribution is 5.85. The molecule has 3 aromatic rings. The fourth-order valence-electron chi connectivity index (χ4n) is 5.18. The van der Waals surface area contributed by atoms with Crippen molar-refractivity contribution in [1.29, 1.82) is 0 Å². The summed E-state index contributed by atoms with van der Waals surface area (Å²) in [5.41, 5.74) is 0.874. The molecule has 1 saturated carbocycles. The fraction of sp³-hybridized carbons (Fsp3) is 0.519. The minimum atomic E-state index is -1.06. The van der Waals surface area contributed by atoms with Crippen LogP contribution in [0.2, 0.25) is 0 Å². The van der Waals surface area contributed by atoms with Crippen LogP contribution in [0.4, 0.5) is 0 Å². The number of hydrogen-bond acceptors (Lipinski definition) is 6. The first-order valence-corrected chi connectivity index (χ1v) is 12.6. The van der Waals surface area contributed by atoms with E-state index in [0.717, 1.165) is 24.2 Å². The molecule has 36 heavy (non-hydrogen) atoms. The SMILES string of the molecule is CCc1cc2c(=O)n(CC3(O)CCN(C(=O)C4(C)CC4)CC3)cnc2n1-c1ccc(OC)c(OC)c1. The minimum absolute atomic E-state index is 0.150.